The summed E-state index contributed by atoms with van der Waals surface area (Å²) in [5, 5.41) is 0. The smallest absolute Gasteiger partial charge is 0.271 e. The Morgan fingerprint density at radius 1 is 0.972 bits per heavy atom. The van der Waals surface area contributed by atoms with E-state index in [1.165, 1.54) is 33.6 Å². The van der Waals surface area contributed by atoms with Gasteiger partial charge in [0.2, 0.25) is 0 Å². The van der Waals surface area contributed by atoms with Crippen LogP contribution in [0.1, 0.15) is 40.3 Å². The Morgan fingerprint density at radius 2 is 1.78 bits per heavy atom. The number of hydrogen-bond donors (Lipinski definition) is 0. The molecule has 1 aromatic heterocycles. The molecule has 0 fully saturated rings. The van der Waals surface area contributed by atoms with Crippen LogP contribution in [0.3, 0.4) is 0 Å². The van der Waals surface area contributed by atoms with Gasteiger partial charge >= 0.3 is 0 Å². The fraction of sp³-hybridized carbons (Fsp3) is 0.200. The number of nitrogens with zero attached hydrogens (tertiary/aromatic N) is 2. The molecule has 0 bridgehead atoms. The highest BCUT2D eigenvalue weighted by molar-refractivity contribution is 7.07. The van der Waals surface area contributed by atoms with Gasteiger partial charge in [-0.15, -0.1) is 0 Å². The lowest BCUT2D eigenvalue weighted by Gasteiger charge is -2.30. The summed E-state index contributed by atoms with van der Waals surface area (Å²) in [6.07, 6.45) is 3.70. The number of rotatable bonds is 4. The first-order chi connectivity index (χ1) is 17.6. The molecule has 6 heteroatoms. The maximum absolute atomic E-state index is 13.9. The minimum atomic E-state index is -0.181. The van der Waals surface area contributed by atoms with E-state index in [2.05, 4.69) is 55.5 Å². The van der Waals surface area contributed by atoms with Gasteiger partial charge in [-0.3, -0.25) is 9.36 Å². The molecule has 0 amide bonds. The van der Waals surface area contributed by atoms with Crippen molar-refractivity contribution < 1.29 is 9.47 Å². The van der Waals surface area contributed by atoms with Crippen LogP contribution in [0.25, 0.3) is 11.8 Å². The zero-order valence-electron chi connectivity index (χ0n) is 20.4. The second-order valence-electron chi connectivity index (χ2n) is 9.11. The minimum absolute atomic E-state index is 0.0420. The van der Waals surface area contributed by atoms with Gasteiger partial charge in [-0.25, -0.2) is 4.99 Å². The number of para-hydroxylation sites is 1. The Kier molecular flexibility index (Phi) is 5.61. The second kappa shape index (κ2) is 8.95. The summed E-state index contributed by atoms with van der Waals surface area (Å²) in [4.78, 5) is 19.7. The van der Waals surface area contributed by atoms with Gasteiger partial charge in [-0.1, -0.05) is 77.6 Å². The molecule has 0 N–H and O–H groups in total. The third-order valence-corrected chi connectivity index (χ3v) is 7.97. The van der Waals surface area contributed by atoms with E-state index in [1.807, 2.05) is 28.8 Å². The molecule has 1 aliphatic heterocycles. The van der Waals surface area contributed by atoms with Gasteiger partial charge in [0.15, 0.2) is 16.3 Å². The average Bonchev–Trinajstić information content (AvgIpc) is 3.22. The predicted molar refractivity (Wildman–Crippen MR) is 143 cm³/mol. The first-order valence-corrected chi connectivity index (χ1v) is 12.8. The van der Waals surface area contributed by atoms with Gasteiger partial charge in [-0.2, -0.15) is 0 Å². The van der Waals surface area contributed by atoms with Crippen molar-refractivity contribution in [1.82, 2.24) is 4.57 Å². The van der Waals surface area contributed by atoms with Crippen molar-refractivity contribution in [3.05, 3.63) is 120 Å². The van der Waals surface area contributed by atoms with Crippen LogP contribution in [0.4, 0.5) is 0 Å². The van der Waals surface area contributed by atoms with Crippen molar-refractivity contribution in [2.75, 3.05) is 14.2 Å². The summed E-state index contributed by atoms with van der Waals surface area (Å²) < 4.78 is 13.6. The summed E-state index contributed by atoms with van der Waals surface area (Å²) >= 11 is 1.42. The van der Waals surface area contributed by atoms with Gasteiger partial charge in [-0.05, 0) is 48.6 Å². The Labute approximate surface area is 213 Å². The Bertz CT molecular complexity index is 1690. The molecule has 0 radical (unpaired) electrons. The van der Waals surface area contributed by atoms with Crippen LogP contribution in [-0.4, -0.2) is 18.8 Å². The first kappa shape index (κ1) is 22.6. The molecule has 2 aliphatic rings. The van der Waals surface area contributed by atoms with E-state index >= 15 is 0 Å². The van der Waals surface area contributed by atoms with E-state index < -0.39 is 0 Å². The van der Waals surface area contributed by atoms with Crippen molar-refractivity contribution in [2.24, 2.45) is 4.99 Å². The fourth-order valence-electron chi connectivity index (χ4n) is 5.24. The van der Waals surface area contributed by atoms with E-state index in [9.17, 15) is 4.79 Å². The summed E-state index contributed by atoms with van der Waals surface area (Å²) in [5.41, 5.74) is 7.74. The maximum Gasteiger partial charge on any atom is 0.271 e. The van der Waals surface area contributed by atoms with Crippen LogP contribution in [0, 0.1) is 6.92 Å². The molecule has 1 unspecified atom stereocenters. The summed E-state index contributed by atoms with van der Waals surface area (Å²) in [5.74, 6) is 1.23. The molecule has 3 aromatic carbocycles. The van der Waals surface area contributed by atoms with Crippen molar-refractivity contribution in [3.8, 4) is 11.5 Å². The van der Waals surface area contributed by atoms with Crippen LogP contribution in [0.5, 0.6) is 11.5 Å². The zero-order chi connectivity index (χ0) is 24.8. The molecule has 4 aromatic rings. The van der Waals surface area contributed by atoms with Crippen molar-refractivity contribution in [3.63, 3.8) is 0 Å². The molecule has 0 saturated heterocycles. The average molecular weight is 495 g/mol. The molecular formula is C30H26N2O3S. The van der Waals surface area contributed by atoms with Crippen LogP contribution in [-0.2, 0) is 6.42 Å². The van der Waals surface area contributed by atoms with Crippen LogP contribution >= 0.6 is 11.3 Å². The highest BCUT2D eigenvalue weighted by atomic mass is 32.1. The Hall–Kier alpha value is -3.90. The number of aromatic nitrogens is 1. The Balaban J connectivity index is 1.62. The quantitative estimate of drug-likeness (QED) is 0.415. The third kappa shape index (κ3) is 3.60. The highest BCUT2D eigenvalue weighted by Gasteiger charge is 2.32. The monoisotopic (exact) mass is 494 g/mol. The lowest BCUT2D eigenvalue weighted by Crippen LogP contribution is -2.38. The molecule has 1 atom stereocenters. The number of aryl methyl sites for hydroxylation is 2. The van der Waals surface area contributed by atoms with E-state index in [1.54, 1.807) is 14.2 Å². The maximum atomic E-state index is 13.9. The second-order valence-corrected chi connectivity index (χ2v) is 10.1. The largest absolute Gasteiger partial charge is 0.493 e. The van der Waals surface area contributed by atoms with Gasteiger partial charge < -0.3 is 9.47 Å². The van der Waals surface area contributed by atoms with E-state index in [-0.39, 0.29) is 11.6 Å². The third-order valence-electron chi connectivity index (χ3n) is 6.99. The molecule has 1 aliphatic carbocycles. The van der Waals surface area contributed by atoms with Gasteiger partial charge in [0.25, 0.3) is 5.56 Å². The number of fused-ring (bicyclic) bond motifs is 3. The highest BCUT2D eigenvalue weighted by Crippen LogP contribution is 2.41. The number of allylic oxidation sites excluding steroid dienone is 1. The van der Waals surface area contributed by atoms with Gasteiger partial charge in [0.1, 0.15) is 0 Å². The van der Waals surface area contributed by atoms with Crippen LogP contribution in [0.2, 0.25) is 0 Å². The first-order valence-electron chi connectivity index (χ1n) is 12.0. The fourth-order valence-corrected chi connectivity index (χ4v) is 6.23. The topological polar surface area (TPSA) is 52.8 Å². The lowest BCUT2D eigenvalue weighted by molar-refractivity contribution is 0.354. The molecule has 2 heterocycles. The van der Waals surface area contributed by atoms with Gasteiger partial charge in [0, 0.05) is 11.1 Å². The number of ether oxygens (including phenoxy) is 2. The molecule has 0 spiro atoms. The molecule has 36 heavy (non-hydrogen) atoms. The number of thiazole rings is 1. The molecule has 5 nitrogen and oxygen atoms in total. The number of hydrogen-bond acceptors (Lipinski definition) is 5. The van der Waals surface area contributed by atoms with E-state index in [4.69, 9.17) is 14.5 Å². The van der Waals surface area contributed by atoms with Crippen LogP contribution in [0.15, 0.2) is 82.1 Å². The molecule has 0 saturated carbocycles. The summed E-state index contributed by atoms with van der Waals surface area (Å²) in [6, 6.07) is 22.5. The van der Waals surface area contributed by atoms with E-state index in [0.29, 0.717) is 20.8 Å². The summed E-state index contributed by atoms with van der Waals surface area (Å²) in [6.45, 7) is 2.08. The predicted octanol–water partition coefficient (Wildman–Crippen LogP) is 4.64. The normalized spacial score (nSPS) is 16.6. The van der Waals surface area contributed by atoms with Crippen molar-refractivity contribution >= 4 is 23.1 Å². The van der Waals surface area contributed by atoms with Crippen molar-refractivity contribution in [2.45, 2.75) is 25.8 Å². The number of benzene rings is 3. The SMILES string of the molecule is COc1cccc(C=c2sc3n(c2=O)C(c2ccc(C)cc2)C2=C(N=3)c3ccccc3CC2)c1OC. The van der Waals surface area contributed by atoms with Crippen LogP contribution < -0.4 is 24.4 Å². The molecular weight excluding hydrogens is 468 g/mol. The molecule has 180 valence electrons. The number of methoxy groups -OCH3 is 2. The molecule has 6 rings (SSSR count). The Morgan fingerprint density at radius 3 is 2.56 bits per heavy atom. The zero-order valence-corrected chi connectivity index (χ0v) is 21.3. The van der Waals surface area contributed by atoms with Gasteiger partial charge in [0.05, 0.1) is 30.5 Å². The standard InChI is InChI=1S/C30H26N2O3S/c1-18-11-13-20(14-12-18)27-23-16-15-19-7-4-5-9-22(19)26(23)31-30-32(27)29(33)25(36-30)17-21-8-6-10-24(34-2)28(21)35-3/h4-14,17,27H,15-16H2,1-3H3. The summed E-state index contributed by atoms with van der Waals surface area (Å²) in [7, 11) is 3.22. The minimum Gasteiger partial charge on any atom is -0.493 e. The lowest BCUT2D eigenvalue weighted by atomic mass is 9.83. The van der Waals surface area contributed by atoms with E-state index in [0.717, 1.165) is 29.7 Å². The van der Waals surface area contributed by atoms with Crippen molar-refractivity contribution in [1.29, 1.82) is 0 Å².